The highest BCUT2D eigenvalue weighted by atomic mass is 32.2. The Bertz CT molecular complexity index is 1290. The van der Waals surface area contributed by atoms with Gasteiger partial charge in [-0.3, -0.25) is 4.79 Å². The normalized spacial score (nSPS) is 24.2. The lowest BCUT2D eigenvalue weighted by Crippen LogP contribution is -2.45. The van der Waals surface area contributed by atoms with Crippen LogP contribution in [-0.4, -0.2) is 51.8 Å². The van der Waals surface area contributed by atoms with E-state index in [4.69, 9.17) is 13.6 Å². The number of unbranched alkanes of at least 4 members (excludes halogenated alkanes) is 3. The van der Waals surface area contributed by atoms with E-state index in [0.29, 0.717) is 18.3 Å². The molecule has 5 unspecified atom stereocenters. The summed E-state index contributed by atoms with van der Waals surface area (Å²) in [5.41, 5.74) is 1.27. The van der Waals surface area contributed by atoms with Crippen molar-refractivity contribution >= 4 is 49.7 Å². The molecular weight excluding hydrogens is 613 g/mol. The van der Waals surface area contributed by atoms with Crippen LogP contribution in [0, 0.1) is 11.8 Å². The molecule has 5 nitrogen and oxygen atoms in total. The maximum Gasteiger partial charge on any atom is 0.305 e. The quantitative estimate of drug-likeness (QED) is 0.0869. The highest BCUT2D eigenvalue weighted by Crippen LogP contribution is 2.49. The number of hydrogen-bond acceptors (Lipinski definition) is 5. The number of benzene rings is 1. The van der Waals surface area contributed by atoms with Gasteiger partial charge in [-0.05, 0) is 124 Å². The van der Waals surface area contributed by atoms with Crippen LogP contribution in [-0.2, 0) is 18.4 Å². The minimum absolute atomic E-state index is 0.110. The Morgan fingerprint density at radius 2 is 1.38 bits per heavy atom. The zero-order valence-corrected chi connectivity index (χ0v) is 33.1. The highest BCUT2D eigenvalue weighted by Gasteiger charge is 2.50. The Balaban J connectivity index is 1.87. The Hall–Kier alpha value is -1.04. The molecule has 5 atom stereocenters. The number of rotatable bonds is 15. The van der Waals surface area contributed by atoms with Gasteiger partial charge in [0.05, 0.1) is 19.3 Å². The first kappa shape index (κ1) is 38.4. The molecule has 1 aliphatic carbocycles. The molecule has 2 aliphatic rings. The predicted octanol–water partition coefficient (Wildman–Crippen LogP) is 9.23. The number of esters is 1. The number of methoxy groups -OCH3 is 1. The summed E-state index contributed by atoms with van der Waals surface area (Å²) in [6.07, 6.45) is 10.4. The fraction of sp³-hybridized carbons (Fsp3) is 0.730. The van der Waals surface area contributed by atoms with E-state index in [-0.39, 0.29) is 28.3 Å². The van der Waals surface area contributed by atoms with E-state index < -0.39 is 27.4 Å². The van der Waals surface area contributed by atoms with Crippen LogP contribution in [0.5, 0.6) is 0 Å². The summed E-state index contributed by atoms with van der Waals surface area (Å²) in [5.74, 6) is 0.797. The van der Waals surface area contributed by atoms with Gasteiger partial charge in [0.2, 0.25) is 0 Å². The minimum atomic E-state index is -1.99. The van der Waals surface area contributed by atoms with Crippen molar-refractivity contribution in [1.82, 2.24) is 0 Å². The summed E-state index contributed by atoms with van der Waals surface area (Å²) in [5, 5.41) is 6.75. The van der Waals surface area contributed by atoms with E-state index in [1.165, 1.54) is 17.9 Å². The molecule has 45 heavy (non-hydrogen) atoms. The lowest BCUT2D eigenvalue weighted by molar-refractivity contribution is -0.140. The van der Waals surface area contributed by atoms with Gasteiger partial charge < -0.3 is 18.1 Å². The average molecular weight is 677 g/mol. The van der Waals surface area contributed by atoms with Gasteiger partial charge in [0.1, 0.15) is 0 Å². The third kappa shape index (κ3) is 10.5. The van der Waals surface area contributed by atoms with Gasteiger partial charge in [-0.15, -0.1) is 0 Å². The maximum absolute atomic E-state index is 11.6. The Morgan fingerprint density at radius 1 is 0.844 bits per heavy atom. The van der Waals surface area contributed by atoms with Crippen LogP contribution in [0.2, 0.25) is 36.3 Å². The van der Waals surface area contributed by atoms with Gasteiger partial charge in [-0.25, -0.2) is 0 Å². The summed E-state index contributed by atoms with van der Waals surface area (Å²) in [4.78, 5) is 11.6. The summed E-state index contributed by atoms with van der Waals surface area (Å²) in [6, 6.07) is 8.46. The number of carbonyl (C=O) groups excluding carboxylic acids is 1. The molecular formula is C37H64O5SSi2. The molecule has 1 N–H and O–H groups in total. The molecule has 0 aromatic heterocycles. The highest BCUT2D eigenvalue weighted by molar-refractivity contribution is 8.17. The molecule has 3 rings (SSSR count). The van der Waals surface area contributed by atoms with Gasteiger partial charge in [0.15, 0.2) is 16.6 Å². The number of ether oxygens (including phenoxy) is 1. The van der Waals surface area contributed by atoms with E-state index in [9.17, 15) is 9.35 Å². The number of fused-ring (bicyclic) bond motifs is 1. The molecule has 1 aromatic carbocycles. The second kappa shape index (κ2) is 15.9. The average Bonchev–Trinajstić information content (AvgIpc) is 3.22. The van der Waals surface area contributed by atoms with E-state index in [1.807, 2.05) is 5.41 Å². The van der Waals surface area contributed by atoms with Crippen LogP contribution < -0.4 is 10.4 Å². The molecule has 256 valence electrons. The Morgan fingerprint density at radius 3 is 1.93 bits per heavy atom. The molecule has 0 bridgehead atoms. The smallest absolute Gasteiger partial charge is 0.305 e. The Kier molecular flexibility index (Phi) is 13.6. The van der Waals surface area contributed by atoms with Crippen molar-refractivity contribution in [3.8, 4) is 0 Å². The summed E-state index contributed by atoms with van der Waals surface area (Å²) >= 11 is 0. The van der Waals surface area contributed by atoms with E-state index in [1.54, 1.807) is 0 Å². The van der Waals surface area contributed by atoms with Crippen LogP contribution in [0.4, 0.5) is 0 Å². The molecule has 0 amide bonds. The van der Waals surface area contributed by atoms with Crippen LogP contribution in [0.1, 0.15) is 106 Å². The monoisotopic (exact) mass is 676 g/mol. The first-order chi connectivity index (χ1) is 20.9. The molecule has 0 spiro atoms. The minimum Gasteiger partial charge on any atom is -0.469 e. The van der Waals surface area contributed by atoms with Gasteiger partial charge in [-0.2, -0.15) is 0 Å². The van der Waals surface area contributed by atoms with Crippen LogP contribution >= 0.6 is 10.8 Å². The van der Waals surface area contributed by atoms with Crippen molar-refractivity contribution in [1.29, 1.82) is 0 Å². The van der Waals surface area contributed by atoms with Crippen molar-refractivity contribution in [2.24, 2.45) is 11.8 Å². The molecule has 1 saturated carbocycles. The van der Waals surface area contributed by atoms with Gasteiger partial charge in [0.25, 0.3) is 0 Å². The summed E-state index contributed by atoms with van der Waals surface area (Å²) in [6.45, 7) is 23.6. The van der Waals surface area contributed by atoms with Crippen molar-refractivity contribution in [3.05, 3.63) is 34.7 Å². The largest absolute Gasteiger partial charge is 0.469 e. The molecule has 8 heteroatoms. The first-order valence-corrected chi connectivity index (χ1v) is 24.5. The van der Waals surface area contributed by atoms with Crippen LogP contribution in [0.25, 0.3) is 11.0 Å². The molecule has 1 aliphatic heterocycles. The van der Waals surface area contributed by atoms with E-state index >= 15 is 0 Å². The topological polar surface area (TPSA) is 65.0 Å². The molecule has 1 heterocycles. The zero-order chi connectivity index (χ0) is 33.6. The second-order valence-electron chi connectivity index (χ2n) is 16.5. The van der Waals surface area contributed by atoms with Crippen LogP contribution in [0.3, 0.4) is 0 Å². The second-order valence-corrected chi connectivity index (χ2v) is 27.2. The SMILES string of the molecule is COC(=O)CCCCCCC1C(O[Si](C)(C)C(C)(C)C)CC(O[Si](C)(C)C(C)(C)C)C1CCCC1=c2ccccc2=CS(O)=C1. The molecule has 1 fully saturated rings. The third-order valence-corrected chi connectivity index (χ3v) is 21.2. The summed E-state index contributed by atoms with van der Waals surface area (Å²) in [7, 11) is -3.32. The standard InChI is InChI=1S/C37H64O5SSi2/c1-36(2,3)44(8,9)41-33-25-34(42-45(10,11)37(4,5)6)32(31(33)22-14-12-13-15-24-35(38)40-7)23-18-20-29-27-43(39)26-28-19-16-17-21-30(28)29/h16-17,19,21,26-27,31-34,39H,12-15,18,20,22-25H2,1-11H3. The van der Waals surface area contributed by atoms with E-state index in [0.717, 1.165) is 63.0 Å². The lowest BCUT2D eigenvalue weighted by Gasteiger charge is -2.40. The third-order valence-electron chi connectivity index (χ3n) is 11.2. The molecule has 0 saturated heterocycles. The first-order valence-electron chi connectivity index (χ1n) is 17.3. The predicted molar refractivity (Wildman–Crippen MR) is 199 cm³/mol. The van der Waals surface area contributed by atoms with Gasteiger partial charge in [-0.1, -0.05) is 85.1 Å². The van der Waals surface area contributed by atoms with E-state index in [2.05, 4.69) is 97.4 Å². The van der Waals surface area contributed by atoms with Crippen molar-refractivity contribution < 1.29 is 22.9 Å². The molecule has 0 radical (unpaired) electrons. The van der Waals surface area contributed by atoms with Crippen molar-refractivity contribution in [2.45, 2.75) is 154 Å². The number of carbonyl (C=O) groups is 1. The van der Waals surface area contributed by atoms with Crippen LogP contribution in [0.15, 0.2) is 24.3 Å². The lowest BCUT2D eigenvalue weighted by atomic mass is 9.84. The summed E-state index contributed by atoms with van der Waals surface area (Å²) < 4.78 is 30.0. The maximum atomic E-state index is 11.6. The zero-order valence-electron chi connectivity index (χ0n) is 30.3. The Labute approximate surface area is 279 Å². The molecule has 1 aromatic rings. The van der Waals surface area contributed by atoms with Gasteiger partial charge >= 0.3 is 5.97 Å². The van der Waals surface area contributed by atoms with Crippen molar-refractivity contribution in [2.75, 3.05) is 7.11 Å². The van der Waals surface area contributed by atoms with Crippen molar-refractivity contribution in [3.63, 3.8) is 0 Å². The van der Waals surface area contributed by atoms with Gasteiger partial charge in [0, 0.05) is 6.42 Å². The number of hydrogen-bond donors (Lipinski definition) is 1. The fourth-order valence-corrected chi connectivity index (χ4v) is 10.2. The fourth-order valence-electron chi connectivity index (χ4n) is 6.40.